The van der Waals surface area contributed by atoms with E-state index in [0.29, 0.717) is 12.0 Å². The van der Waals surface area contributed by atoms with E-state index in [1.165, 1.54) is 24.3 Å². The van der Waals surface area contributed by atoms with Crippen LogP contribution in [0.25, 0.3) is 0 Å². The summed E-state index contributed by atoms with van der Waals surface area (Å²) in [6.45, 7) is 0.0517. The number of hydrogen-bond donors (Lipinski definition) is 2. The zero-order chi connectivity index (χ0) is 11.3. The average molecular weight is 212 g/mol. The third-order valence-electron chi connectivity index (χ3n) is 1.63. The normalized spacial score (nSPS) is 9.40. The molecule has 5 nitrogen and oxygen atoms in total. The molecule has 0 spiro atoms. The number of carbonyl (C=O) groups excluding carboxylic acids is 1. The quantitative estimate of drug-likeness (QED) is 0.577. The van der Waals surface area contributed by atoms with Crippen LogP contribution in [0.5, 0.6) is 0 Å². The van der Waals surface area contributed by atoms with E-state index in [-0.39, 0.29) is 12.4 Å². The zero-order valence-corrected chi connectivity index (χ0v) is 7.68. The monoisotopic (exact) mass is 212 g/mol. The summed E-state index contributed by atoms with van der Waals surface area (Å²) in [5, 5.41) is 9.21. The van der Waals surface area contributed by atoms with Crippen LogP contribution in [-0.2, 0) is 11.3 Å². The molecular formula is C9H9FN2O3. The molecule has 0 atom stereocenters. The molecule has 15 heavy (non-hydrogen) atoms. The number of carbonyl (C=O) groups is 2. The number of benzene rings is 1. The van der Waals surface area contributed by atoms with Gasteiger partial charge in [0.25, 0.3) is 0 Å². The number of hydrogen-bond acceptors (Lipinski definition) is 2. The maximum absolute atomic E-state index is 12.5. The molecule has 1 aromatic rings. The van der Waals surface area contributed by atoms with Gasteiger partial charge in [-0.2, -0.15) is 0 Å². The van der Waals surface area contributed by atoms with Crippen LogP contribution < -0.4 is 5.43 Å². The van der Waals surface area contributed by atoms with Gasteiger partial charge < -0.3 is 5.11 Å². The van der Waals surface area contributed by atoms with Gasteiger partial charge in [0.05, 0.1) is 6.54 Å². The molecule has 0 aliphatic carbocycles. The van der Waals surface area contributed by atoms with E-state index < -0.39 is 6.09 Å². The Balaban J connectivity index is 2.62. The average Bonchev–Trinajstić information content (AvgIpc) is 2.19. The van der Waals surface area contributed by atoms with Crippen LogP contribution >= 0.6 is 0 Å². The SMILES string of the molecule is O=CN(Cc1ccc(F)cc1)NC(=O)O. The van der Waals surface area contributed by atoms with Gasteiger partial charge in [0, 0.05) is 0 Å². The highest BCUT2D eigenvalue weighted by molar-refractivity contribution is 5.66. The lowest BCUT2D eigenvalue weighted by atomic mass is 10.2. The molecule has 0 saturated carbocycles. The molecule has 2 N–H and O–H groups in total. The minimum Gasteiger partial charge on any atom is -0.464 e. The molecule has 2 amide bonds. The maximum atomic E-state index is 12.5. The van der Waals surface area contributed by atoms with E-state index in [1.807, 2.05) is 5.43 Å². The predicted molar refractivity (Wildman–Crippen MR) is 49.2 cm³/mol. The molecule has 0 saturated heterocycles. The summed E-state index contributed by atoms with van der Waals surface area (Å²) in [6, 6.07) is 5.41. The lowest BCUT2D eigenvalue weighted by molar-refractivity contribution is -0.121. The van der Waals surface area contributed by atoms with Crippen LogP contribution in [0, 0.1) is 5.82 Å². The van der Waals surface area contributed by atoms with Crippen LogP contribution in [0.3, 0.4) is 0 Å². The summed E-state index contributed by atoms with van der Waals surface area (Å²) in [6.07, 6.45) is -0.985. The van der Waals surface area contributed by atoms with Crippen molar-refractivity contribution in [2.45, 2.75) is 6.54 Å². The first-order valence-electron chi connectivity index (χ1n) is 4.08. The van der Waals surface area contributed by atoms with E-state index in [4.69, 9.17) is 5.11 Å². The van der Waals surface area contributed by atoms with Crippen molar-refractivity contribution < 1.29 is 19.1 Å². The lowest BCUT2D eigenvalue weighted by Crippen LogP contribution is -2.39. The van der Waals surface area contributed by atoms with Crippen molar-refractivity contribution in [1.82, 2.24) is 10.4 Å². The summed E-state index contributed by atoms with van der Waals surface area (Å²) in [4.78, 5) is 20.7. The fraction of sp³-hybridized carbons (Fsp3) is 0.111. The number of rotatable bonds is 4. The number of nitrogens with zero attached hydrogens (tertiary/aromatic N) is 1. The summed E-state index contributed by atoms with van der Waals surface area (Å²) in [5.74, 6) is -0.386. The van der Waals surface area contributed by atoms with Crippen molar-refractivity contribution >= 4 is 12.5 Å². The molecule has 0 aliphatic rings. The Bertz CT molecular complexity index is 353. The Morgan fingerprint density at radius 1 is 1.47 bits per heavy atom. The highest BCUT2D eigenvalue weighted by Gasteiger charge is 2.05. The Labute approximate surface area is 85.1 Å². The number of amides is 2. The zero-order valence-electron chi connectivity index (χ0n) is 7.68. The van der Waals surface area contributed by atoms with Gasteiger partial charge in [-0.15, -0.1) is 0 Å². The van der Waals surface area contributed by atoms with Gasteiger partial charge in [0.1, 0.15) is 5.82 Å². The molecular weight excluding hydrogens is 203 g/mol. The topological polar surface area (TPSA) is 69.6 Å². The van der Waals surface area contributed by atoms with Gasteiger partial charge in [-0.05, 0) is 17.7 Å². The Kier molecular flexibility index (Phi) is 3.61. The van der Waals surface area contributed by atoms with E-state index in [0.717, 1.165) is 5.01 Å². The van der Waals surface area contributed by atoms with Gasteiger partial charge in [0.2, 0.25) is 6.41 Å². The fourth-order valence-corrected chi connectivity index (χ4v) is 1.01. The van der Waals surface area contributed by atoms with Crippen molar-refractivity contribution in [3.63, 3.8) is 0 Å². The predicted octanol–water partition coefficient (Wildman–Crippen LogP) is 0.967. The summed E-state index contributed by atoms with van der Waals surface area (Å²) < 4.78 is 12.5. The molecule has 0 aliphatic heterocycles. The van der Waals surface area contributed by atoms with Crippen molar-refractivity contribution in [3.8, 4) is 0 Å². The van der Waals surface area contributed by atoms with Crippen molar-refractivity contribution in [1.29, 1.82) is 0 Å². The van der Waals surface area contributed by atoms with E-state index in [9.17, 15) is 14.0 Å². The molecule has 6 heteroatoms. The van der Waals surface area contributed by atoms with Gasteiger partial charge >= 0.3 is 6.09 Å². The van der Waals surface area contributed by atoms with E-state index in [2.05, 4.69) is 0 Å². The highest BCUT2D eigenvalue weighted by atomic mass is 19.1. The Morgan fingerprint density at radius 3 is 2.53 bits per heavy atom. The molecule has 0 fully saturated rings. The van der Waals surface area contributed by atoms with E-state index >= 15 is 0 Å². The van der Waals surface area contributed by atoms with Gasteiger partial charge in [0.15, 0.2) is 0 Å². The molecule has 0 aromatic heterocycles. The third-order valence-corrected chi connectivity index (χ3v) is 1.63. The van der Waals surface area contributed by atoms with Crippen LogP contribution in [-0.4, -0.2) is 22.6 Å². The summed E-state index contributed by atoms with van der Waals surface area (Å²) in [7, 11) is 0. The van der Waals surface area contributed by atoms with Crippen LogP contribution in [0.2, 0.25) is 0 Å². The van der Waals surface area contributed by atoms with Gasteiger partial charge in [-0.3, -0.25) is 4.79 Å². The largest absolute Gasteiger partial charge is 0.464 e. The van der Waals surface area contributed by atoms with Crippen LogP contribution in [0.4, 0.5) is 9.18 Å². The fourth-order valence-electron chi connectivity index (χ4n) is 1.01. The Hall–Kier alpha value is -2.11. The molecule has 0 heterocycles. The molecule has 1 aromatic carbocycles. The lowest BCUT2D eigenvalue weighted by Gasteiger charge is -2.15. The van der Waals surface area contributed by atoms with Crippen molar-refractivity contribution in [2.24, 2.45) is 0 Å². The molecule has 0 bridgehead atoms. The minimum atomic E-state index is -1.33. The third kappa shape index (κ3) is 3.63. The van der Waals surface area contributed by atoms with Crippen LogP contribution in [0.15, 0.2) is 24.3 Å². The highest BCUT2D eigenvalue weighted by Crippen LogP contribution is 2.04. The van der Waals surface area contributed by atoms with Gasteiger partial charge in [-0.1, -0.05) is 12.1 Å². The van der Waals surface area contributed by atoms with Crippen molar-refractivity contribution in [2.75, 3.05) is 0 Å². The second-order valence-electron chi connectivity index (χ2n) is 2.78. The van der Waals surface area contributed by atoms with Gasteiger partial charge in [-0.25, -0.2) is 19.6 Å². The molecule has 1 rings (SSSR count). The second-order valence-corrected chi connectivity index (χ2v) is 2.78. The van der Waals surface area contributed by atoms with E-state index in [1.54, 1.807) is 0 Å². The Morgan fingerprint density at radius 2 is 2.07 bits per heavy atom. The summed E-state index contributed by atoms with van der Waals surface area (Å²) >= 11 is 0. The molecule has 80 valence electrons. The molecule has 0 radical (unpaired) electrons. The molecule has 0 unspecified atom stereocenters. The standard InChI is InChI=1S/C9H9FN2O3/c10-8-3-1-7(2-4-8)5-12(6-13)11-9(14)15/h1-4,6,11H,5H2,(H,14,15). The first kappa shape index (κ1) is 11.0. The number of hydrazine groups is 1. The van der Waals surface area contributed by atoms with Crippen molar-refractivity contribution in [3.05, 3.63) is 35.6 Å². The maximum Gasteiger partial charge on any atom is 0.423 e. The smallest absolute Gasteiger partial charge is 0.423 e. The summed E-state index contributed by atoms with van der Waals surface area (Å²) in [5.41, 5.74) is 2.50. The first-order chi connectivity index (χ1) is 7.11. The van der Waals surface area contributed by atoms with Crippen LogP contribution in [0.1, 0.15) is 5.56 Å². The number of nitrogens with one attached hydrogen (secondary N) is 1. The number of halogens is 1. The number of carboxylic acid groups (broad SMARTS) is 1. The minimum absolute atomic E-state index is 0.0517. The second kappa shape index (κ2) is 4.94. The first-order valence-corrected chi connectivity index (χ1v) is 4.08.